The van der Waals surface area contributed by atoms with Crippen LogP contribution in [0.3, 0.4) is 0 Å². The first kappa shape index (κ1) is 14.6. The van der Waals surface area contributed by atoms with Crippen molar-refractivity contribution in [1.82, 2.24) is 10.3 Å². The van der Waals surface area contributed by atoms with E-state index in [9.17, 15) is 4.79 Å². The summed E-state index contributed by atoms with van der Waals surface area (Å²) in [6.45, 7) is 6.51. The monoisotopic (exact) mass is 273 g/mol. The van der Waals surface area contributed by atoms with Gasteiger partial charge in [-0.1, -0.05) is 6.08 Å². The van der Waals surface area contributed by atoms with E-state index < -0.39 is 0 Å². The van der Waals surface area contributed by atoms with Gasteiger partial charge in [0.05, 0.1) is 11.9 Å². The van der Waals surface area contributed by atoms with Crippen molar-refractivity contribution >= 4 is 11.6 Å². The quantitative estimate of drug-likeness (QED) is 0.809. The second-order valence-corrected chi connectivity index (χ2v) is 5.27. The van der Waals surface area contributed by atoms with Crippen molar-refractivity contribution in [2.75, 3.05) is 24.5 Å². The molecule has 2 rings (SSSR count). The van der Waals surface area contributed by atoms with Gasteiger partial charge in [-0.05, 0) is 37.3 Å². The Kier molecular flexibility index (Phi) is 5.59. The van der Waals surface area contributed by atoms with Crippen LogP contribution in [-0.4, -0.2) is 30.5 Å². The van der Waals surface area contributed by atoms with Gasteiger partial charge >= 0.3 is 0 Å². The maximum Gasteiger partial charge on any atom is 0.220 e. The lowest BCUT2D eigenvalue weighted by molar-refractivity contribution is -0.121. The average molecular weight is 273 g/mol. The molecule has 1 N–H and O–H groups in total. The first-order valence-electron chi connectivity index (χ1n) is 7.32. The molecule has 1 aromatic heterocycles. The van der Waals surface area contributed by atoms with E-state index in [1.807, 2.05) is 12.3 Å². The number of nitrogens with one attached hydrogen (secondary N) is 1. The van der Waals surface area contributed by atoms with E-state index in [1.165, 1.54) is 5.69 Å². The van der Waals surface area contributed by atoms with Crippen LogP contribution in [0.15, 0.2) is 37.2 Å². The fraction of sp³-hybridized carbons (Fsp3) is 0.500. The van der Waals surface area contributed by atoms with Crippen molar-refractivity contribution in [3.05, 3.63) is 37.2 Å². The highest BCUT2D eigenvalue weighted by Gasteiger charge is 2.19. The molecule has 1 aliphatic rings. The molecule has 0 bridgehead atoms. The summed E-state index contributed by atoms with van der Waals surface area (Å²) in [6, 6.07) is 4.08. The SMILES string of the molecule is C=CCCC(=O)NCC1CCN(c2cccnc2)CC1. The molecule has 0 aromatic carbocycles. The van der Waals surface area contributed by atoms with Gasteiger partial charge < -0.3 is 10.2 Å². The van der Waals surface area contributed by atoms with Crippen molar-refractivity contribution in [2.45, 2.75) is 25.7 Å². The van der Waals surface area contributed by atoms with Crippen LogP contribution in [0.5, 0.6) is 0 Å². The second-order valence-electron chi connectivity index (χ2n) is 5.27. The fourth-order valence-corrected chi connectivity index (χ4v) is 2.52. The summed E-state index contributed by atoms with van der Waals surface area (Å²) in [6.07, 6.45) is 9.05. The van der Waals surface area contributed by atoms with Crippen LogP contribution in [0, 0.1) is 5.92 Å². The van der Waals surface area contributed by atoms with Gasteiger partial charge in [-0.3, -0.25) is 9.78 Å². The first-order chi connectivity index (χ1) is 9.79. The lowest BCUT2D eigenvalue weighted by atomic mass is 9.96. The van der Waals surface area contributed by atoms with Crippen LogP contribution >= 0.6 is 0 Å². The van der Waals surface area contributed by atoms with Crippen LogP contribution in [0.2, 0.25) is 0 Å². The van der Waals surface area contributed by atoms with Gasteiger partial charge in [-0.15, -0.1) is 6.58 Å². The molecule has 0 spiro atoms. The lowest BCUT2D eigenvalue weighted by Crippen LogP contribution is -2.38. The van der Waals surface area contributed by atoms with Gasteiger partial charge in [-0.2, -0.15) is 0 Å². The summed E-state index contributed by atoms with van der Waals surface area (Å²) in [4.78, 5) is 18.1. The predicted molar refractivity (Wildman–Crippen MR) is 81.6 cm³/mol. The minimum Gasteiger partial charge on any atom is -0.370 e. The Balaban J connectivity index is 1.69. The van der Waals surface area contributed by atoms with E-state index in [4.69, 9.17) is 0 Å². The van der Waals surface area contributed by atoms with Crippen molar-refractivity contribution in [3.8, 4) is 0 Å². The third-order valence-corrected chi connectivity index (χ3v) is 3.79. The highest BCUT2D eigenvalue weighted by Crippen LogP contribution is 2.21. The number of allylic oxidation sites excluding steroid dienone is 1. The number of carbonyl (C=O) groups excluding carboxylic acids is 1. The van der Waals surface area contributed by atoms with Crippen LogP contribution in [0.1, 0.15) is 25.7 Å². The van der Waals surface area contributed by atoms with Gasteiger partial charge in [0.2, 0.25) is 5.91 Å². The standard InChI is InChI=1S/C16H23N3O/c1-2-3-6-16(20)18-12-14-7-10-19(11-8-14)15-5-4-9-17-13-15/h2,4-5,9,13-14H,1,3,6-8,10-12H2,(H,18,20). The molecule has 108 valence electrons. The molecule has 2 heterocycles. The van der Waals surface area contributed by atoms with E-state index in [-0.39, 0.29) is 5.91 Å². The summed E-state index contributed by atoms with van der Waals surface area (Å²) in [5.41, 5.74) is 1.20. The number of pyridine rings is 1. The van der Waals surface area contributed by atoms with E-state index in [0.29, 0.717) is 12.3 Å². The van der Waals surface area contributed by atoms with E-state index in [1.54, 1.807) is 12.3 Å². The highest BCUT2D eigenvalue weighted by atomic mass is 16.1. The molecule has 4 heteroatoms. The molecule has 1 aromatic rings. The number of hydrogen-bond acceptors (Lipinski definition) is 3. The Morgan fingerprint density at radius 2 is 2.30 bits per heavy atom. The van der Waals surface area contributed by atoms with E-state index in [2.05, 4.69) is 27.8 Å². The number of piperidine rings is 1. The third-order valence-electron chi connectivity index (χ3n) is 3.79. The molecule has 0 aliphatic carbocycles. The van der Waals surface area contributed by atoms with Crippen LogP contribution < -0.4 is 10.2 Å². The molecule has 0 unspecified atom stereocenters. The van der Waals surface area contributed by atoms with Gasteiger partial charge in [0, 0.05) is 32.3 Å². The molecule has 0 saturated carbocycles. The number of hydrogen-bond donors (Lipinski definition) is 1. The maximum atomic E-state index is 11.6. The van der Waals surface area contributed by atoms with Crippen molar-refractivity contribution in [3.63, 3.8) is 0 Å². The molecule has 0 atom stereocenters. The number of carbonyl (C=O) groups is 1. The normalized spacial score (nSPS) is 15.9. The largest absolute Gasteiger partial charge is 0.370 e. The number of anilines is 1. The Labute approximate surface area is 120 Å². The molecule has 1 fully saturated rings. The van der Waals surface area contributed by atoms with Crippen molar-refractivity contribution in [2.24, 2.45) is 5.92 Å². The zero-order valence-electron chi connectivity index (χ0n) is 11.9. The topological polar surface area (TPSA) is 45.2 Å². The molecule has 1 aliphatic heterocycles. The summed E-state index contributed by atoms with van der Waals surface area (Å²) >= 11 is 0. The molecule has 4 nitrogen and oxygen atoms in total. The van der Waals surface area contributed by atoms with Crippen LogP contribution in [0.4, 0.5) is 5.69 Å². The molecule has 0 radical (unpaired) electrons. The van der Waals surface area contributed by atoms with Gasteiger partial charge in [0.15, 0.2) is 0 Å². The molecular formula is C16H23N3O. The summed E-state index contributed by atoms with van der Waals surface area (Å²) in [7, 11) is 0. The Bertz CT molecular complexity index is 425. The molecule has 1 amide bonds. The lowest BCUT2D eigenvalue weighted by Gasteiger charge is -2.33. The average Bonchev–Trinajstić information content (AvgIpc) is 2.52. The summed E-state index contributed by atoms with van der Waals surface area (Å²) in [5.74, 6) is 0.732. The van der Waals surface area contributed by atoms with E-state index in [0.717, 1.165) is 38.9 Å². The van der Waals surface area contributed by atoms with Crippen molar-refractivity contribution in [1.29, 1.82) is 0 Å². The first-order valence-corrected chi connectivity index (χ1v) is 7.32. The Morgan fingerprint density at radius 3 is 2.95 bits per heavy atom. The fourth-order valence-electron chi connectivity index (χ4n) is 2.52. The Morgan fingerprint density at radius 1 is 1.50 bits per heavy atom. The van der Waals surface area contributed by atoms with Gasteiger partial charge in [-0.25, -0.2) is 0 Å². The Hall–Kier alpha value is -1.84. The highest BCUT2D eigenvalue weighted by molar-refractivity contribution is 5.75. The van der Waals surface area contributed by atoms with Gasteiger partial charge in [0.1, 0.15) is 0 Å². The number of rotatable bonds is 6. The van der Waals surface area contributed by atoms with Crippen LogP contribution in [-0.2, 0) is 4.79 Å². The third kappa shape index (κ3) is 4.37. The van der Waals surface area contributed by atoms with Crippen molar-refractivity contribution < 1.29 is 4.79 Å². The maximum absolute atomic E-state index is 11.6. The minimum absolute atomic E-state index is 0.139. The predicted octanol–water partition coefficient (Wildman–Crippen LogP) is 2.38. The molecule has 1 saturated heterocycles. The molecular weight excluding hydrogens is 250 g/mol. The summed E-state index contributed by atoms with van der Waals surface area (Å²) in [5, 5.41) is 3.02. The summed E-state index contributed by atoms with van der Waals surface area (Å²) < 4.78 is 0. The smallest absolute Gasteiger partial charge is 0.220 e. The number of aromatic nitrogens is 1. The molecule has 20 heavy (non-hydrogen) atoms. The second kappa shape index (κ2) is 7.68. The zero-order valence-corrected chi connectivity index (χ0v) is 11.9. The van der Waals surface area contributed by atoms with Gasteiger partial charge in [0.25, 0.3) is 0 Å². The number of amides is 1. The minimum atomic E-state index is 0.139. The van der Waals surface area contributed by atoms with E-state index >= 15 is 0 Å². The number of nitrogens with zero attached hydrogens (tertiary/aromatic N) is 2. The zero-order chi connectivity index (χ0) is 14.2. The van der Waals surface area contributed by atoms with Crippen LogP contribution in [0.25, 0.3) is 0 Å².